The highest BCUT2D eigenvalue weighted by molar-refractivity contribution is 5.97. The van der Waals surface area contributed by atoms with Gasteiger partial charge >= 0.3 is 6.03 Å². The van der Waals surface area contributed by atoms with Crippen molar-refractivity contribution in [3.05, 3.63) is 54.1 Å². The van der Waals surface area contributed by atoms with E-state index in [1.807, 2.05) is 19.9 Å². The summed E-state index contributed by atoms with van der Waals surface area (Å²) in [6.07, 6.45) is -0.0468. The lowest BCUT2D eigenvalue weighted by molar-refractivity contribution is -0.120. The van der Waals surface area contributed by atoms with Gasteiger partial charge in [0.1, 0.15) is 6.54 Å². The number of amides is 4. The predicted octanol–water partition coefficient (Wildman–Crippen LogP) is 2.07. The number of urea groups is 1. The number of para-hydroxylation sites is 1. The summed E-state index contributed by atoms with van der Waals surface area (Å²) in [5.41, 5.74) is 5.37. The standard InChI is InChI=1S/C20H24N4O5/c1-13(2)29-16-10-9-14(11-17(16)28-3)19(26)24-23-18(25)12-21-20(27)22-15-7-5-4-6-8-15/h4-11,13H,12H2,1-3H3,(H,23,25)(H,24,26)(H2,21,22,27). The van der Waals surface area contributed by atoms with Gasteiger partial charge in [-0.2, -0.15) is 0 Å². The minimum Gasteiger partial charge on any atom is -0.493 e. The van der Waals surface area contributed by atoms with Crippen molar-refractivity contribution in [2.45, 2.75) is 20.0 Å². The lowest BCUT2D eigenvalue weighted by Crippen LogP contribution is -2.47. The van der Waals surface area contributed by atoms with Gasteiger partial charge in [0.25, 0.3) is 11.8 Å². The van der Waals surface area contributed by atoms with Gasteiger partial charge in [-0.1, -0.05) is 18.2 Å². The van der Waals surface area contributed by atoms with Crippen LogP contribution >= 0.6 is 0 Å². The van der Waals surface area contributed by atoms with Crippen molar-refractivity contribution in [3.8, 4) is 11.5 Å². The number of carbonyl (C=O) groups excluding carboxylic acids is 3. The first-order chi connectivity index (χ1) is 13.9. The zero-order valence-electron chi connectivity index (χ0n) is 16.4. The normalized spacial score (nSPS) is 10.1. The maximum atomic E-state index is 12.2. The van der Waals surface area contributed by atoms with E-state index in [2.05, 4.69) is 21.5 Å². The van der Waals surface area contributed by atoms with Gasteiger partial charge in [-0.25, -0.2) is 4.79 Å². The Labute approximate surface area is 168 Å². The van der Waals surface area contributed by atoms with Crippen molar-refractivity contribution in [1.29, 1.82) is 0 Å². The molecule has 29 heavy (non-hydrogen) atoms. The number of carbonyl (C=O) groups is 3. The molecule has 0 aromatic heterocycles. The summed E-state index contributed by atoms with van der Waals surface area (Å²) in [6.45, 7) is 3.44. The molecule has 9 heteroatoms. The number of nitrogens with one attached hydrogen (secondary N) is 4. The average molecular weight is 400 g/mol. The van der Waals surface area contributed by atoms with Gasteiger partial charge in [-0.05, 0) is 44.2 Å². The Hall–Kier alpha value is -3.75. The number of hydrogen-bond donors (Lipinski definition) is 4. The van der Waals surface area contributed by atoms with E-state index in [-0.39, 0.29) is 18.2 Å². The van der Waals surface area contributed by atoms with Crippen molar-refractivity contribution in [1.82, 2.24) is 16.2 Å². The third-order valence-corrected chi connectivity index (χ3v) is 3.55. The quantitative estimate of drug-likeness (QED) is 0.531. The first-order valence-electron chi connectivity index (χ1n) is 8.93. The summed E-state index contributed by atoms with van der Waals surface area (Å²) < 4.78 is 10.8. The Morgan fingerprint density at radius 2 is 1.69 bits per heavy atom. The molecular formula is C20H24N4O5. The predicted molar refractivity (Wildman–Crippen MR) is 108 cm³/mol. The van der Waals surface area contributed by atoms with E-state index in [1.165, 1.54) is 13.2 Å². The summed E-state index contributed by atoms with van der Waals surface area (Å²) in [5, 5.41) is 4.96. The molecule has 0 aliphatic rings. The van der Waals surface area contributed by atoms with Crippen LogP contribution in [0.1, 0.15) is 24.2 Å². The van der Waals surface area contributed by atoms with E-state index < -0.39 is 17.8 Å². The fraction of sp³-hybridized carbons (Fsp3) is 0.250. The lowest BCUT2D eigenvalue weighted by Gasteiger charge is -2.14. The van der Waals surface area contributed by atoms with Crippen molar-refractivity contribution in [3.63, 3.8) is 0 Å². The van der Waals surface area contributed by atoms with E-state index in [0.29, 0.717) is 17.2 Å². The number of rotatable bonds is 7. The molecular weight excluding hydrogens is 376 g/mol. The van der Waals surface area contributed by atoms with E-state index in [1.54, 1.807) is 36.4 Å². The minimum atomic E-state index is -0.590. The number of hydrazine groups is 1. The second-order valence-electron chi connectivity index (χ2n) is 6.21. The SMILES string of the molecule is COc1cc(C(=O)NNC(=O)CNC(=O)Nc2ccccc2)ccc1OC(C)C. The van der Waals surface area contributed by atoms with Crippen molar-refractivity contribution >= 4 is 23.5 Å². The molecule has 0 aliphatic carbocycles. The number of benzene rings is 2. The molecule has 0 atom stereocenters. The summed E-state index contributed by atoms with van der Waals surface area (Å²) in [5.74, 6) is -0.219. The molecule has 0 fully saturated rings. The van der Waals surface area contributed by atoms with Gasteiger partial charge in [0.2, 0.25) is 0 Å². The highest BCUT2D eigenvalue weighted by Gasteiger charge is 2.13. The van der Waals surface area contributed by atoms with Crippen LogP contribution in [-0.4, -0.2) is 37.6 Å². The summed E-state index contributed by atoms with van der Waals surface area (Å²) >= 11 is 0. The van der Waals surface area contributed by atoms with Crippen LogP contribution in [0.15, 0.2) is 48.5 Å². The van der Waals surface area contributed by atoms with Crippen molar-refractivity contribution in [2.75, 3.05) is 19.0 Å². The summed E-state index contributed by atoms with van der Waals surface area (Å²) in [6, 6.07) is 12.9. The topological polar surface area (TPSA) is 118 Å². The summed E-state index contributed by atoms with van der Waals surface area (Å²) in [4.78, 5) is 35.8. The molecule has 2 aromatic carbocycles. The maximum absolute atomic E-state index is 12.2. The van der Waals surface area contributed by atoms with Crippen LogP contribution in [0.4, 0.5) is 10.5 Å². The Bertz CT molecular complexity index is 855. The molecule has 2 rings (SSSR count). The highest BCUT2D eigenvalue weighted by Crippen LogP contribution is 2.28. The first-order valence-corrected chi connectivity index (χ1v) is 8.93. The zero-order valence-corrected chi connectivity index (χ0v) is 16.4. The molecule has 0 saturated carbocycles. The van der Waals surface area contributed by atoms with Gasteiger partial charge in [0.15, 0.2) is 11.5 Å². The summed E-state index contributed by atoms with van der Waals surface area (Å²) in [7, 11) is 1.47. The second kappa shape index (κ2) is 10.5. The van der Waals surface area contributed by atoms with Crippen molar-refractivity contribution in [2.24, 2.45) is 0 Å². The first kappa shape index (κ1) is 21.5. The minimum absolute atomic E-state index is 0.0468. The fourth-order valence-corrected chi connectivity index (χ4v) is 2.26. The fourth-order valence-electron chi connectivity index (χ4n) is 2.26. The number of methoxy groups -OCH3 is 1. The van der Waals surface area contributed by atoms with E-state index in [9.17, 15) is 14.4 Å². The zero-order chi connectivity index (χ0) is 21.2. The molecule has 0 saturated heterocycles. The molecule has 0 unspecified atom stereocenters. The van der Waals surface area contributed by atoms with Crippen LogP contribution in [0.5, 0.6) is 11.5 Å². The number of hydrogen-bond acceptors (Lipinski definition) is 5. The Kier molecular flexibility index (Phi) is 7.84. The van der Waals surface area contributed by atoms with Crippen LogP contribution in [-0.2, 0) is 4.79 Å². The molecule has 0 spiro atoms. The van der Waals surface area contributed by atoms with Gasteiger partial charge in [0, 0.05) is 11.3 Å². The molecule has 0 heterocycles. The van der Waals surface area contributed by atoms with Crippen LogP contribution in [0, 0.1) is 0 Å². The highest BCUT2D eigenvalue weighted by atomic mass is 16.5. The monoisotopic (exact) mass is 400 g/mol. The van der Waals surface area contributed by atoms with E-state index in [0.717, 1.165) is 0 Å². The van der Waals surface area contributed by atoms with Gasteiger partial charge in [-0.15, -0.1) is 0 Å². The second-order valence-corrected chi connectivity index (χ2v) is 6.21. The molecule has 9 nitrogen and oxygen atoms in total. The Balaban J connectivity index is 1.80. The van der Waals surface area contributed by atoms with Gasteiger partial charge in [-0.3, -0.25) is 20.4 Å². The van der Waals surface area contributed by atoms with Crippen molar-refractivity contribution < 1.29 is 23.9 Å². The Morgan fingerprint density at radius 1 is 0.966 bits per heavy atom. The molecule has 154 valence electrons. The number of anilines is 1. The van der Waals surface area contributed by atoms with Gasteiger partial charge < -0.3 is 20.1 Å². The van der Waals surface area contributed by atoms with E-state index >= 15 is 0 Å². The molecule has 0 radical (unpaired) electrons. The van der Waals surface area contributed by atoms with Crippen LogP contribution < -0.4 is 31.0 Å². The molecule has 4 N–H and O–H groups in total. The van der Waals surface area contributed by atoms with E-state index in [4.69, 9.17) is 9.47 Å². The molecule has 0 bridgehead atoms. The van der Waals surface area contributed by atoms with Crippen LogP contribution in [0.25, 0.3) is 0 Å². The van der Waals surface area contributed by atoms with Gasteiger partial charge in [0.05, 0.1) is 13.2 Å². The van der Waals surface area contributed by atoms with Crippen LogP contribution in [0.3, 0.4) is 0 Å². The third-order valence-electron chi connectivity index (χ3n) is 3.55. The average Bonchev–Trinajstić information content (AvgIpc) is 2.71. The largest absolute Gasteiger partial charge is 0.493 e. The number of ether oxygens (including phenoxy) is 2. The lowest BCUT2D eigenvalue weighted by atomic mass is 10.2. The molecule has 2 aromatic rings. The maximum Gasteiger partial charge on any atom is 0.319 e. The smallest absolute Gasteiger partial charge is 0.319 e. The Morgan fingerprint density at radius 3 is 2.34 bits per heavy atom. The molecule has 0 aliphatic heterocycles. The third kappa shape index (κ3) is 7.06. The molecule has 4 amide bonds. The van der Waals surface area contributed by atoms with Crippen LogP contribution in [0.2, 0.25) is 0 Å².